The van der Waals surface area contributed by atoms with Gasteiger partial charge in [-0.05, 0) is 25.0 Å². The number of rotatable bonds is 5. The average molecular weight is 236 g/mol. The van der Waals surface area contributed by atoms with Gasteiger partial charge in [-0.1, -0.05) is 31.2 Å². The van der Waals surface area contributed by atoms with Crippen LogP contribution in [0.25, 0.3) is 0 Å². The summed E-state index contributed by atoms with van der Waals surface area (Å²) in [5, 5.41) is 8.85. The molecular formula is C13H16O2S. The van der Waals surface area contributed by atoms with Gasteiger partial charge in [-0.2, -0.15) is 0 Å². The predicted octanol–water partition coefficient (Wildman–Crippen LogP) is 3.51. The summed E-state index contributed by atoms with van der Waals surface area (Å²) in [6, 6.07) is 8.12. The van der Waals surface area contributed by atoms with E-state index in [-0.39, 0.29) is 0 Å². The smallest absolute Gasteiger partial charge is 0.331 e. The maximum Gasteiger partial charge on any atom is 0.331 e. The second-order valence-electron chi connectivity index (χ2n) is 3.46. The van der Waals surface area contributed by atoms with E-state index >= 15 is 0 Å². The van der Waals surface area contributed by atoms with Gasteiger partial charge in [-0.25, -0.2) is 4.79 Å². The summed E-state index contributed by atoms with van der Waals surface area (Å²) in [7, 11) is 0. The van der Waals surface area contributed by atoms with Gasteiger partial charge in [0.05, 0.1) is 0 Å². The van der Waals surface area contributed by atoms with Gasteiger partial charge in [-0.15, -0.1) is 11.8 Å². The van der Waals surface area contributed by atoms with Crippen molar-refractivity contribution in [1.29, 1.82) is 0 Å². The number of aryl methyl sites for hydroxylation is 1. The molecule has 0 unspecified atom stereocenters. The van der Waals surface area contributed by atoms with Gasteiger partial charge in [-0.3, -0.25) is 0 Å². The predicted molar refractivity (Wildman–Crippen MR) is 67.9 cm³/mol. The number of carboxylic acid groups (broad SMARTS) is 1. The Hall–Kier alpha value is -1.22. The summed E-state index contributed by atoms with van der Waals surface area (Å²) >= 11 is 1.67. The molecule has 16 heavy (non-hydrogen) atoms. The normalized spacial score (nSPS) is 11.5. The largest absolute Gasteiger partial charge is 0.478 e. The fourth-order valence-electron chi connectivity index (χ4n) is 1.33. The molecular weight excluding hydrogens is 220 g/mol. The second-order valence-corrected chi connectivity index (χ2v) is 4.53. The van der Waals surface area contributed by atoms with Crippen LogP contribution in [0, 0.1) is 6.92 Å². The molecule has 86 valence electrons. The van der Waals surface area contributed by atoms with Crippen molar-refractivity contribution >= 4 is 17.7 Å². The van der Waals surface area contributed by atoms with E-state index in [2.05, 4.69) is 19.1 Å². The zero-order chi connectivity index (χ0) is 12.0. The van der Waals surface area contributed by atoms with Crippen molar-refractivity contribution in [2.75, 3.05) is 5.75 Å². The molecule has 0 aliphatic rings. The Morgan fingerprint density at radius 1 is 1.44 bits per heavy atom. The minimum Gasteiger partial charge on any atom is -0.478 e. The summed E-state index contributed by atoms with van der Waals surface area (Å²) in [5.41, 5.74) is 1.72. The van der Waals surface area contributed by atoms with E-state index in [4.69, 9.17) is 5.11 Å². The third-order valence-electron chi connectivity index (χ3n) is 2.32. The molecule has 0 bridgehead atoms. The van der Waals surface area contributed by atoms with Crippen molar-refractivity contribution in [3.63, 3.8) is 0 Å². The van der Waals surface area contributed by atoms with E-state index in [0.717, 1.165) is 0 Å². The van der Waals surface area contributed by atoms with Crippen molar-refractivity contribution in [1.82, 2.24) is 0 Å². The first-order valence-electron chi connectivity index (χ1n) is 5.26. The molecule has 0 saturated heterocycles. The van der Waals surface area contributed by atoms with Gasteiger partial charge in [0, 0.05) is 16.2 Å². The van der Waals surface area contributed by atoms with Crippen LogP contribution in [0.1, 0.15) is 18.9 Å². The zero-order valence-electron chi connectivity index (χ0n) is 9.56. The van der Waals surface area contributed by atoms with Gasteiger partial charge < -0.3 is 5.11 Å². The minimum absolute atomic E-state index is 0.487. The first-order valence-corrected chi connectivity index (χ1v) is 6.24. The number of carboxylic acids is 1. The van der Waals surface area contributed by atoms with Gasteiger partial charge >= 0.3 is 5.97 Å². The Kier molecular flexibility index (Phi) is 5.12. The standard InChI is InChI=1S/C13H16O2S/c1-3-11(13(14)15)8-9-16-12-7-5-4-6-10(12)2/h4-8H,3,9H2,1-2H3,(H,14,15). The van der Waals surface area contributed by atoms with Crippen molar-refractivity contribution in [3.05, 3.63) is 41.5 Å². The van der Waals surface area contributed by atoms with E-state index < -0.39 is 5.97 Å². The second kappa shape index (κ2) is 6.38. The Labute approximate surface area is 100 Å². The lowest BCUT2D eigenvalue weighted by Gasteiger charge is -2.03. The lowest BCUT2D eigenvalue weighted by molar-refractivity contribution is -0.132. The number of carbonyl (C=O) groups is 1. The molecule has 0 fully saturated rings. The van der Waals surface area contributed by atoms with Crippen LogP contribution in [0.5, 0.6) is 0 Å². The van der Waals surface area contributed by atoms with Crippen molar-refractivity contribution in [2.45, 2.75) is 25.2 Å². The Morgan fingerprint density at radius 3 is 2.69 bits per heavy atom. The molecule has 0 saturated carbocycles. The number of thioether (sulfide) groups is 1. The summed E-state index contributed by atoms with van der Waals surface area (Å²) < 4.78 is 0. The molecule has 0 heterocycles. The molecule has 3 heteroatoms. The third-order valence-corrected chi connectivity index (χ3v) is 3.42. The maximum atomic E-state index is 10.8. The first kappa shape index (κ1) is 12.8. The van der Waals surface area contributed by atoms with E-state index in [9.17, 15) is 4.79 Å². The summed E-state index contributed by atoms with van der Waals surface area (Å²) in [6.07, 6.45) is 2.36. The average Bonchev–Trinajstić information content (AvgIpc) is 2.26. The lowest BCUT2D eigenvalue weighted by atomic mass is 10.2. The topological polar surface area (TPSA) is 37.3 Å². The maximum absolute atomic E-state index is 10.8. The van der Waals surface area contributed by atoms with Crippen LogP contribution in [0.4, 0.5) is 0 Å². The van der Waals surface area contributed by atoms with Gasteiger partial charge in [0.1, 0.15) is 0 Å². The van der Waals surface area contributed by atoms with Crippen molar-refractivity contribution in [3.8, 4) is 0 Å². The van der Waals surface area contributed by atoms with Crippen molar-refractivity contribution < 1.29 is 9.90 Å². The first-order chi connectivity index (χ1) is 7.65. The van der Waals surface area contributed by atoms with Gasteiger partial charge in [0.15, 0.2) is 0 Å². The van der Waals surface area contributed by atoms with Gasteiger partial charge in [0.25, 0.3) is 0 Å². The van der Waals surface area contributed by atoms with Crippen LogP contribution in [0.3, 0.4) is 0 Å². The Balaban J connectivity index is 2.59. The molecule has 0 aromatic heterocycles. The third kappa shape index (κ3) is 3.74. The monoisotopic (exact) mass is 236 g/mol. The fourth-order valence-corrected chi connectivity index (χ4v) is 2.27. The summed E-state index contributed by atoms with van der Waals surface area (Å²) in [5.74, 6) is -0.103. The SMILES string of the molecule is CCC(=CCSc1ccccc1C)C(=O)O. The lowest BCUT2D eigenvalue weighted by Crippen LogP contribution is -1.99. The molecule has 2 nitrogen and oxygen atoms in total. The summed E-state index contributed by atoms with van der Waals surface area (Å²) in [4.78, 5) is 12.0. The quantitative estimate of drug-likeness (QED) is 0.628. The van der Waals surface area contributed by atoms with E-state index in [1.807, 2.05) is 19.1 Å². The fraction of sp³-hybridized carbons (Fsp3) is 0.308. The molecule has 1 rings (SSSR count). The molecule has 1 N–H and O–H groups in total. The molecule has 0 spiro atoms. The number of hydrogen-bond acceptors (Lipinski definition) is 2. The molecule has 0 atom stereocenters. The van der Waals surface area contributed by atoms with Crippen LogP contribution in [-0.2, 0) is 4.79 Å². The molecule has 0 aliphatic heterocycles. The van der Waals surface area contributed by atoms with E-state index in [1.165, 1.54) is 10.5 Å². The molecule has 1 aromatic rings. The van der Waals surface area contributed by atoms with Gasteiger partial charge in [0.2, 0.25) is 0 Å². The van der Waals surface area contributed by atoms with E-state index in [0.29, 0.717) is 17.7 Å². The highest BCUT2D eigenvalue weighted by Crippen LogP contribution is 2.22. The molecule has 0 amide bonds. The highest BCUT2D eigenvalue weighted by atomic mass is 32.2. The van der Waals surface area contributed by atoms with Crippen LogP contribution >= 0.6 is 11.8 Å². The highest BCUT2D eigenvalue weighted by Gasteiger charge is 2.03. The van der Waals surface area contributed by atoms with Crippen molar-refractivity contribution in [2.24, 2.45) is 0 Å². The minimum atomic E-state index is -0.812. The zero-order valence-corrected chi connectivity index (χ0v) is 10.4. The van der Waals surface area contributed by atoms with Crippen LogP contribution < -0.4 is 0 Å². The van der Waals surface area contributed by atoms with E-state index in [1.54, 1.807) is 17.8 Å². The van der Waals surface area contributed by atoms with Crippen LogP contribution in [-0.4, -0.2) is 16.8 Å². The van der Waals surface area contributed by atoms with Crippen LogP contribution in [0.15, 0.2) is 40.8 Å². The number of aliphatic carboxylic acids is 1. The Morgan fingerprint density at radius 2 is 2.12 bits per heavy atom. The molecule has 0 radical (unpaired) electrons. The number of hydrogen-bond donors (Lipinski definition) is 1. The summed E-state index contributed by atoms with van der Waals surface area (Å²) in [6.45, 7) is 3.92. The number of benzene rings is 1. The Bertz CT molecular complexity index is 397. The molecule has 0 aliphatic carbocycles. The van der Waals surface area contributed by atoms with Crippen LogP contribution in [0.2, 0.25) is 0 Å². The molecule has 1 aromatic carbocycles. The highest BCUT2D eigenvalue weighted by molar-refractivity contribution is 7.99.